The van der Waals surface area contributed by atoms with E-state index in [1.807, 2.05) is 7.11 Å². The first-order valence-corrected chi connectivity index (χ1v) is 8.64. The van der Waals surface area contributed by atoms with E-state index in [1.165, 1.54) is 51.6 Å². The highest BCUT2D eigenvalue weighted by Gasteiger charge is 2.32. The van der Waals surface area contributed by atoms with Crippen molar-refractivity contribution in [1.29, 1.82) is 0 Å². The third-order valence-electron chi connectivity index (χ3n) is 5.62. The number of nitrogens with zero attached hydrogens (tertiary/aromatic N) is 1. The lowest BCUT2D eigenvalue weighted by atomic mass is 9.76. The second-order valence-corrected chi connectivity index (χ2v) is 7.19. The Morgan fingerprint density at radius 3 is 2.75 bits per heavy atom. The van der Waals surface area contributed by atoms with Crippen LogP contribution in [0.2, 0.25) is 0 Å². The lowest BCUT2D eigenvalue weighted by Crippen LogP contribution is -2.49. The van der Waals surface area contributed by atoms with Crippen LogP contribution in [-0.2, 0) is 4.74 Å². The fourth-order valence-corrected chi connectivity index (χ4v) is 4.17. The van der Waals surface area contributed by atoms with Crippen molar-refractivity contribution in [2.24, 2.45) is 23.5 Å². The average molecular weight is 282 g/mol. The summed E-state index contributed by atoms with van der Waals surface area (Å²) < 4.78 is 5.64. The van der Waals surface area contributed by atoms with Gasteiger partial charge in [-0.15, -0.1) is 0 Å². The number of hydrogen-bond acceptors (Lipinski definition) is 3. The predicted molar refractivity (Wildman–Crippen MR) is 84.7 cm³/mol. The summed E-state index contributed by atoms with van der Waals surface area (Å²) >= 11 is 0. The average Bonchev–Trinajstić information content (AvgIpc) is 2.45. The molecular formula is C17H34N2O. The van der Waals surface area contributed by atoms with Gasteiger partial charge in [-0.1, -0.05) is 26.7 Å². The van der Waals surface area contributed by atoms with Gasteiger partial charge in [0, 0.05) is 26.2 Å². The van der Waals surface area contributed by atoms with Crippen molar-refractivity contribution in [2.75, 3.05) is 26.7 Å². The summed E-state index contributed by atoms with van der Waals surface area (Å²) in [4.78, 5) is 2.60. The topological polar surface area (TPSA) is 38.5 Å². The lowest BCUT2D eigenvalue weighted by molar-refractivity contribution is -0.0132. The SMILES string of the molecule is CCCC1CCC(N)C(CN2CCC(C)C(OC)C2)C1. The number of hydrogen-bond donors (Lipinski definition) is 1. The second-order valence-electron chi connectivity index (χ2n) is 7.19. The van der Waals surface area contributed by atoms with Crippen LogP contribution in [0.1, 0.15) is 52.4 Å². The van der Waals surface area contributed by atoms with Crippen LogP contribution in [0.5, 0.6) is 0 Å². The van der Waals surface area contributed by atoms with Crippen LogP contribution in [0.15, 0.2) is 0 Å². The zero-order valence-corrected chi connectivity index (χ0v) is 13.7. The molecule has 1 aliphatic heterocycles. The molecule has 0 radical (unpaired) electrons. The highest BCUT2D eigenvalue weighted by atomic mass is 16.5. The first kappa shape index (κ1) is 16.3. The number of piperidine rings is 1. The molecule has 2 N–H and O–H groups in total. The van der Waals surface area contributed by atoms with Crippen molar-refractivity contribution in [3.05, 3.63) is 0 Å². The van der Waals surface area contributed by atoms with E-state index in [1.54, 1.807) is 0 Å². The van der Waals surface area contributed by atoms with E-state index in [2.05, 4.69) is 18.7 Å². The van der Waals surface area contributed by atoms with Crippen LogP contribution in [0, 0.1) is 17.8 Å². The van der Waals surface area contributed by atoms with Crippen molar-refractivity contribution >= 4 is 0 Å². The van der Waals surface area contributed by atoms with Crippen molar-refractivity contribution < 1.29 is 4.74 Å². The Labute approximate surface area is 125 Å². The molecule has 0 aromatic heterocycles. The molecule has 2 rings (SSSR count). The van der Waals surface area contributed by atoms with Gasteiger partial charge in [0.15, 0.2) is 0 Å². The van der Waals surface area contributed by atoms with Crippen LogP contribution in [-0.4, -0.2) is 43.8 Å². The molecule has 0 aromatic carbocycles. The molecule has 20 heavy (non-hydrogen) atoms. The fourth-order valence-electron chi connectivity index (χ4n) is 4.17. The maximum Gasteiger partial charge on any atom is 0.0724 e. The first-order valence-electron chi connectivity index (χ1n) is 8.64. The molecule has 1 saturated carbocycles. The minimum atomic E-state index is 0.412. The lowest BCUT2D eigenvalue weighted by Gasteiger charge is -2.41. The van der Waals surface area contributed by atoms with Gasteiger partial charge in [0.25, 0.3) is 0 Å². The minimum Gasteiger partial charge on any atom is -0.380 e. The zero-order chi connectivity index (χ0) is 14.5. The molecule has 5 atom stereocenters. The Balaban J connectivity index is 1.84. The van der Waals surface area contributed by atoms with Gasteiger partial charge in [0.1, 0.15) is 0 Å². The Morgan fingerprint density at radius 1 is 1.25 bits per heavy atom. The minimum absolute atomic E-state index is 0.412. The molecule has 0 aromatic rings. The number of nitrogens with two attached hydrogens (primary N) is 1. The summed E-state index contributed by atoms with van der Waals surface area (Å²) in [5.74, 6) is 2.32. The second kappa shape index (κ2) is 7.77. The highest BCUT2D eigenvalue weighted by Crippen LogP contribution is 2.32. The van der Waals surface area contributed by atoms with E-state index in [9.17, 15) is 0 Å². The smallest absolute Gasteiger partial charge is 0.0724 e. The maximum absolute atomic E-state index is 6.39. The van der Waals surface area contributed by atoms with E-state index in [4.69, 9.17) is 10.5 Å². The third kappa shape index (κ3) is 4.19. The van der Waals surface area contributed by atoms with Crippen LogP contribution >= 0.6 is 0 Å². The number of methoxy groups -OCH3 is 1. The van der Waals surface area contributed by atoms with Crippen molar-refractivity contribution in [1.82, 2.24) is 4.90 Å². The van der Waals surface area contributed by atoms with Gasteiger partial charge in [0.05, 0.1) is 6.10 Å². The number of ether oxygens (including phenoxy) is 1. The van der Waals surface area contributed by atoms with Gasteiger partial charge >= 0.3 is 0 Å². The summed E-state index contributed by atoms with van der Waals surface area (Å²) in [6.07, 6.45) is 8.31. The molecule has 0 spiro atoms. The van der Waals surface area contributed by atoms with E-state index in [0.717, 1.165) is 12.5 Å². The van der Waals surface area contributed by atoms with Crippen molar-refractivity contribution in [3.8, 4) is 0 Å². The summed E-state index contributed by atoms with van der Waals surface area (Å²) in [6, 6.07) is 0.420. The molecule has 118 valence electrons. The van der Waals surface area contributed by atoms with E-state index >= 15 is 0 Å². The van der Waals surface area contributed by atoms with Gasteiger partial charge in [-0.3, -0.25) is 0 Å². The Hall–Kier alpha value is -0.120. The quantitative estimate of drug-likeness (QED) is 0.842. The molecule has 1 aliphatic carbocycles. The molecular weight excluding hydrogens is 248 g/mol. The molecule has 3 heteroatoms. The van der Waals surface area contributed by atoms with Crippen LogP contribution in [0.3, 0.4) is 0 Å². The standard InChI is InChI=1S/C17H34N2O/c1-4-5-14-6-7-16(18)15(10-14)11-19-9-8-13(2)17(12-19)20-3/h13-17H,4-12,18H2,1-3H3. The molecule has 0 bridgehead atoms. The van der Waals surface area contributed by atoms with Gasteiger partial charge in [0.2, 0.25) is 0 Å². The number of likely N-dealkylation sites (tertiary alicyclic amines) is 1. The number of rotatable bonds is 5. The van der Waals surface area contributed by atoms with Crippen LogP contribution < -0.4 is 5.73 Å². The monoisotopic (exact) mass is 282 g/mol. The summed E-state index contributed by atoms with van der Waals surface area (Å²) in [7, 11) is 1.86. The van der Waals surface area contributed by atoms with Gasteiger partial charge in [-0.25, -0.2) is 0 Å². The van der Waals surface area contributed by atoms with Crippen molar-refractivity contribution in [3.63, 3.8) is 0 Å². The Morgan fingerprint density at radius 2 is 2.05 bits per heavy atom. The van der Waals surface area contributed by atoms with Gasteiger partial charge in [-0.2, -0.15) is 0 Å². The molecule has 3 nitrogen and oxygen atoms in total. The molecule has 5 unspecified atom stereocenters. The largest absolute Gasteiger partial charge is 0.380 e. The molecule has 0 amide bonds. The summed E-state index contributed by atoms with van der Waals surface area (Å²) in [5, 5.41) is 0. The third-order valence-corrected chi connectivity index (χ3v) is 5.62. The zero-order valence-electron chi connectivity index (χ0n) is 13.7. The maximum atomic E-state index is 6.39. The van der Waals surface area contributed by atoms with E-state index < -0.39 is 0 Å². The summed E-state index contributed by atoms with van der Waals surface area (Å²) in [5.41, 5.74) is 6.39. The first-order chi connectivity index (χ1) is 9.63. The molecule has 2 aliphatic rings. The molecule has 1 saturated heterocycles. The van der Waals surface area contributed by atoms with Crippen LogP contribution in [0.4, 0.5) is 0 Å². The normalized spacial score (nSPS) is 39.9. The molecule has 2 fully saturated rings. The molecule has 1 heterocycles. The fraction of sp³-hybridized carbons (Fsp3) is 1.00. The Bertz CT molecular complexity index is 284. The highest BCUT2D eigenvalue weighted by molar-refractivity contribution is 4.87. The van der Waals surface area contributed by atoms with Gasteiger partial charge in [-0.05, 0) is 50.0 Å². The summed E-state index contributed by atoms with van der Waals surface area (Å²) in [6.45, 7) is 8.13. The van der Waals surface area contributed by atoms with E-state index in [0.29, 0.717) is 24.0 Å². The van der Waals surface area contributed by atoms with E-state index in [-0.39, 0.29) is 0 Å². The van der Waals surface area contributed by atoms with Crippen LogP contribution in [0.25, 0.3) is 0 Å². The van der Waals surface area contributed by atoms with Crippen molar-refractivity contribution in [2.45, 2.75) is 64.5 Å². The predicted octanol–water partition coefficient (Wildman–Crippen LogP) is 2.89. The van der Waals surface area contributed by atoms with Gasteiger partial charge < -0.3 is 15.4 Å². The Kier molecular flexibility index (Phi) is 6.31.